The largest absolute Gasteiger partial charge is 0.353 e. The van der Waals surface area contributed by atoms with Gasteiger partial charge in [-0.05, 0) is 38.4 Å². The van der Waals surface area contributed by atoms with E-state index in [0.29, 0.717) is 13.1 Å². The molecule has 10 nitrogen and oxygen atoms in total. The zero-order valence-corrected chi connectivity index (χ0v) is 18.7. The summed E-state index contributed by atoms with van der Waals surface area (Å²) in [7, 11) is 1.95. The molecule has 1 unspecified atom stereocenters. The molecule has 170 valence electrons. The number of fused-ring (bicyclic) bond motifs is 1. The molecule has 2 saturated heterocycles. The van der Waals surface area contributed by atoms with Crippen LogP contribution in [-0.4, -0.2) is 89.6 Å². The minimum atomic E-state index is 0.175. The maximum atomic E-state index is 13.2. The number of aromatic nitrogens is 4. The van der Waals surface area contributed by atoms with E-state index in [-0.39, 0.29) is 11.9 Å². The lowest BCUT2D eigenvalue weighted by atomic mass is 10.1. The van der Waals surface area contributed by atoms with Crippen LogP contribution in [0.2, 0.25) is 0 Å². The number of anilines is 3. The number of amides is 1. The number of likely N-dealkylation sites (N-methyl/N-ethyl adjacent to an activating group) is 1. The number of hydrogen-bond acceptors (Lipinski definition) is 9. The molecule has 0 radical (unpaired) electrons. The van der Waals surface area contributed by atoms with E-state index in [1.54, 1.807) is 18.7 Å². The van der Waals surface area contributed by atoms with Crippen molar-refractivity contribution in [2.45, 2.75) is 31.8 Å². The highest BCUT2D eigenvalue weighted by Crippen LogP contribution is 2.32. The maximum Gasteiger partial charge on any atom is 0.242 e. The zero-order chi connectivity index (χ0) is 21.9. The molecule has 3 aliphatic rings. The summed E-state index contributed by atoms with van der Waals surface area (Å²) in [6.45, 7) is 6.22. The van der Waals surface area contributed by atoms with Gasteiger partial charge in [-0.25, -0.2) is 19.9 Å². The fourth-order valence-electron chi connectivity index (χ4n) is 4.98. The van der Waals surface area contributed by atoms with Crippen LogP contribution in [0.25, 0.3) is 0 Å². The highest BCUT2D eigenvalue weighted by atomic mass is 16.2. The van der Waals surface area contributed by atoms with E-state index in [1.165, 1.54) is 0 Å². The highest BCUT2D eigenvalue weighted by Gasteiger charge is 2.33. The van der Waals surface area contributed by atoms with Crippen LogP contribution in [0.5, 0.6) is 0 Å². The molecule has 5 rings (SSSR count). The van der Waals surface area contributed by atoms with Crippen molar-refractivity contribution in [2.75, 3.05) is 67.6 Å². The van der Waals surface area contributed by atoms with Crippen molar-refractivity contribution < 1.29 is 4.79 Å². The number of nitrogens with zero attached hydrogens (tertiary/aromatic N) is 8. The van der Waals surface area contributed by atoms with Gasteiger partial charge in [-0.2, -0.15) is 0 Å². The predicted molar refractivity (Wildman–Crippen MR) is 123 cm³/mol. The minimum absolute atomic E-state index is 0.175. The van der Waals surface area contributed by atoms with Crippen molar-refractivity contribution in [2.24, 2.45) is 0 Å². The summed E-state index contributed by atoms with van der Waals surface area (Å²) in [5, 5.41) is 3.46. The Morgan fingerprint density at radius 2 is 1.66 bits per heavy atom. The number of nitrogens with one attached hydrogen (secondary N) is 1. The van der Waals surface area contributed by atoms with Crippen molar-refractivity contribution in [3.05, 3.63) is 30.4 Å². The molecule has 0 aromatic carbocycles. The fraction of sp³-hybridized carbons (Fsp3) is 0.591. The van der Waals surface area contributed by atoms with E-state index in [9.17, 15) is 4.79 Å². The maximum absolute atomic E-state index is 13.2. The quantitative estimate of drug-likeness (QED) is 0.737. The molecule has 0 bridgehead atoms. The fourth-order valence-corrected chi connectivity index (χ4v) is 4.98. The average Bonchev–Trinajstić information content (AvgIpc) is 3.18. The van der Waals surface area contributed by atoms with Crippen molar-refractivity contribution in [3.8, 4) is 0 Å². The van der Waals surface area contributed by atoms with Crippen LogP contribution in [0.3, 0.4) is 0 Å². The van der Waals surface area contributed by atoms with Crippen LogP contribution in [0.4, 0.5) is 17.6 Å². The summed E-state index contributed by atoms with van der Waals surface area (Å²) in [6, 6.07) is 2.10. The van der Waals surface area contributed by atoms with E-state index in [0.717, 1.165) is 81.7 Å². The Morgan fingerprint density at radius 1 is 0.906 bits per heavy atom. The molecular weight excluding hydrogens is 406 g/mol. The Balaban J connectivity index is 1.39. The zero-order valence-electron chi connectivity index (χ0n) is 18.7. The lowest BCUT2D eigenvalue weighted by molar-refractivity contribution is -0.132. The Bertz CT molecular complexity index is 924. The van der Waals surface area contributed by atoms with Crippen LogP contribution in [0, 0.1) is 0 Å². The van der Waals surface area contributed by atoms with Gasteiger partial charge in [0, 0.05) is 51.7 Å². The second-order valence-corrected chi connectivity index (χ2v) is 8.73. The van der Waals surface area contributed by atoms with Gasteiger partial charge in [0.1, 0.15) is 18.0 Å². The molecule has 2 aromatic rings. The van der Waals surface area contributed by atoms with Gasteiger partial charge in [0.15, 0.2) is 0 Å². The first-order chi connectivity index (χ1) is 15.7. The summed E-state index contributed by atoms with van der Waals surface area (Å²) in [4.78, 5) is 39.8. The van der Waals surface area contributed by atoms with E-state index >= 15 is 0 Å². The molecule has 1 N–H and O–H groups in total. The summed E-state index contributed by atoms with van der Waals surface area (Å²) < 4.78 is 0. The van der Waals surface area contributed by atoms with Crippen molar-refractivity contribution >= 4 is 23.5 Å². The summed E-state index contributed by atoms with van der Waals surface area (Å²) >= 11 is 0. The topological polar surface area (TPSA) is 93.6 Å². The third kappa shape index (κ3) is 4.19. The lowest BCUT2D eigenvalue weighted by Gasteiger charge is -2.37. The Labute approximate surface area is 188 Å². The monoisotopic (exact) mass is 437 g/mol. The normalized spacial score (nSPS) is 22.4. The second-order valence-electron chi connectivity index (χ2n) is 8.73. The molecule has 1 amide bonds. The number of piperazine rings is 1. The summed E-state index contributed by atoms with van der Waals surface area (Å²) in [6.07, 6.45) is 8.32. The van der Waals surface area contributed by atoms with E-state index < -0.39 is 0 Å². The number of carbonyl (C=O) groups excluding carboxylic acids is 1. The highest BCUT2D eigenvalue weighted by molar-refractivity contribution is 5.84. The van der Waals surface area contributed by atoms with E-state index in [1.807, 2.05) is 18.0 Å². The average molecular weight is 438 g/mol. The van der Waals surface area contributed by atoms with E-state index in [4.69, 9.17) is 4.98 Å². The van der Waals surface area contributed by atoms with Crippen molar-refractivity contribution in [1.29, 1.82) is 0 Å². The Morgan fingerprint density at radius 3 is 2.47 bits per heavy atom. The first-order valence-corrected chi connectivity index (χ1v) is 11.5. The molecule has 32 heavy (non-hydrogen) atoms. The van der Waals surface area contributed by atoms with E-state index in [2.05, 4.69) is 35.0 Å². The third-order valence-electron chi connectivity index (χ3n) is 6.68. The van der Waals surface area contributed by atoms with Crippen molar-refractivity contribution in [3.63, 3.8) is 0 Å². The van der Waals surface area contributed by atoms with Crippen LogP contribution < -0.4 is 20.0 Å². The third-order valence-corrected chi connectivity index (χ3v) is 6.68. The van der Waals surface area contributed by atoms with Crippen LogP contribution in [0.1, 0.15) is 24.8 Å². The smallest absolute Gasteiger partial charge is 0.242 e. The SMILES string of the molecule is CN1CC(=O)N(C2CCCNCC2)Cc2c1ncnc2N1CCN(c2ncccn2)CC1. The van der Waals surface area contributed by atoms with Gasteiger partial charge in [-0.1, -0.05) is 0 Å². The molecule has 0 aliphatic carbocycles. The molecule has 3 aliphatic heterocycles. The van der Waals surface area contributed by atoms with Gasteiger partial charge >= 0.3 is 0 Å². The molecule has 1 atom stereocenters. The minimum Gasteiger partial charge on any atom is -0.353 e. The first kappa shape index (κ1) is 20.9. The summed E-state index contributed by atoms with van der Waals surface area (Å²) in [5.74, 6) is 2.76. The van der Waals surface area contributed by atoms with Gasteiger partial charge in [0.05, 0.1) is 18.7 Å². The molecular formula is C22H31N9O. The van der Waals surface area contributed by atoms with Gasteiger partial charge in [-0.15, -0.1) is 0 Å². The number of hydrogen-bond donors (Lipinski definition) is 1. The second kappa shape index (κ2) is 9.23. The Kier molecular flexibility index (Phi) is 6.02. The summed E-state index contributed by atoms with van der Waals surface area (Å²) in [5.41, 5.74) is 1.06. The van der Waals surface area contributed by atoms with Crippen LogP contribution in [0.15, 0.2) is 24.8 Å². The van der Waals surface area contributed by atoms with Gasteiger partial charge in [0.2, 0.25) is 11.9 Å². The van der Waals surface area contributed by atoms with Crippen molar-refractivity contribution in [1.82, 2.24) is 30.2 Å². The van der Waals surface area contributed by atoms with Crippen LogP contribution in [-0.2, 0) is 11.3 Å². The molecule has 0 saturated carbocycles. The van der Waals surface area contributed by atoms with Gasteiger partial charge in [-0.3, -0.25) is 4.79 Å². The molecule has 0 spiro atoms. The molecule has 2 fully saturated rings. The van der Waals surface area contributed by atoms with Gasteiger partial charge < -0.3 is 24.9 Å². The Hall–Kier alpha value is -3.01. The predicted octanol–water partition coefficient (Wildman–Crippen LogP) is 0.514. The number of rotatable bonds is 3. The first-order valence-electron chi connectivity index (χ1n) is 11.5. The molecule has 5 heterocycles. The van der Waals surface area contributed by atoms with Gasteiger partial charge in [0.25, 0.3) is 0 Å². The standard InChI is InChI=1S/C22H31N9O/c1-28-15-19(32)31(17-4-2-6-23-9-5-17)14-18-20(28)26-16-27-21(18)29-10-12-30(13-11-29)22-24-7-3-8-25-22/h3,7-8,16-17,23H,2,4-6,9-15H2,1H3. The molecule has 10 heteroatoms. The lowest BCUT2D eigenvalue weighted by Crippen LogP contribution is -2.48. The van der Waals surface area contributed by atoms with Crippen LogP contribution >= 0.6 is 0 Å². The number of carbonyl (C=O) groups is 1. The molecule has 2 aromatic heterocycles.